The molecular formula is C31H34N2O9. The average molecular weight is 579 g/mol. The Morgan fingerprint density at radius 2 is 1.64 bits per heavy atom. The van der Waals surface area contributed by atoms with Crippen molar-refractivity contribution in [3.8, 4) is 0 Å². The fourth-order valence-electron chi connectivity index (χ4n) is 4.94. The molecule has 2 heterocycles. The van der Waals surface area contributed by atoms with Gasteiger partial charge in [0.2, 0.25) is 0 Å². The van der Waals surface area contributed by atoms with Gasteiger partial charge < -0.3 is 23.7 Å². The molecule has 1 aromatic heterocycles. The highest BCUT2D eigenvalue weighted by atomic mass is 16.7. The predicted octanol–water partition coefficient (Wildman–Crippen LogP) is 2.96. The summed E-state index contributed by atoms with van der Waals surface area (Å²) in [6, 6.07) is 18.7. The minimum atomic E-state index is -1.65. The van der Waals surface area contributed by atoms with Crippen molar-refractivity contribution in [2.24, 2.45) is 0 Å². The molecule has 1 aliphatic rings. The van der Waals surface area contributed by atoms with Gasteiger partial charge >= 0.3 is 17.6 Å². The summed E-state index contributed by atoms with van der Waals surface area (Å²) >= 11 is 0. The van der Waals surface area contributed by atoms with Gasteiger partial charge in [-0.1, -0.05) is 67.2 Å². The highest BCUT2D eigenvalue weighted by Gasteiger charge is 2.63. The zero-order valence-electron chi connectivity index (χ0n) is 23.7. The van der Waals surface area contributed by atoms with Gasteiger partial charge in [-0.25, -0.2) is 4.79 Å². The van der Waals surface area contributed by atoms with Crippen LogP contribution in [0.25, 0.3) is 0 Å². The lowest BCUT2D eigenvalue weighted by Crippen LogP contribution is -2.57. The van der Waals surface area contributed by atoms with Crippen molar-refractivity contribution in [2.75, 3.05) is 6.61 Å². The molecule has 2 aromatic carbocycles. The maximum Gasteiger partial charge on any atom is 0.330 e. The van der Waals surface area contributed by atoms with E-state index in [0.29, 0.717) is 0 Å². The topological polar surface area (TPSA) is 135 Å². The molecule has 5 atom stereocenters. The van der Waals surface area contributed by atoms with E-state index >= 15 is 0 Å². The zero-order chi connectivity index (χ0) is 30.3. The molecule has 1 fully saturated rings. The molecule has 0 bridgehead atoms. The minimum absolute atomic E-state index is 0.0588. The quantitative estimate of drug-likeness (QED) is 0.254. The summed E-state index contributed by atoms with van der Waals surface area (Å²) in [7, 11) is 0. The number of H-pyrrole nitrogens is 1. The third kappa shape index (κ3) is 6.93. The lowest BCUT2D eigenvalue weighted by atomic mass is 9.89. The van der Waals surface area contributed by atoms with E-state index in [1.54, 1.807) is 0 Å². The van der Waals surface area contributed by atoms with Crippen molar-refractivity contribution in [2.45, 2.75) is 64.1 Å². The molecule has 3 aromatic rings. The first-order chi connectivity index (χ1) is 20.1. The Morgan fingerprint density at radius 1 is 1.02 bits per heavy atom. The van der Waals surface area contributed by atoms with Gasteiger partial charge in [-0.3, -0.25) is 23.9 Å². The molecule has 4 rings (SSSR count). The van der Waals surface area contributed by atoms with Crippen LogP contribution in [0.3, 0.4) is 0 Å². The smallest absolute Gasteiger partial charge is 0.330 e. The molecular weight excluding hydrogens is 544 g/mol. The van der Waals surface area contributed by atoms with Crippen LogP contribution in [0.15, 0.2) is 89.1 Å². The Kier molecular flexibility index (Phi) is 9.89. The fourth-order valence-corrected chi connectivity index (χ4v) is 4.94. The Hall–Kier alpha value is -4.32. The number of nitrogens with zero attached hydrogens (tertiary/aromatic N) is 1. The van der Waals surface area contributed by atoms with Crippen molar-refractivity contribution < 1.29 is 33.3 Å². The number of carbonyl (C=O) groups excluding carboxylic acids is 2. The summed E-state index contributed by atoms with van der Waals surface area (Å²) in [5, 5.41) is 0. The summed E-state index contributed by atoms with van der Waals surface area (Å²) < 4.78 is 31.7. The van der Waals surface area contributed by atoms with E-state index in [0.717, 1.165) is 15.7 Å². The predicted molar refractivity (Wildman–Crippen MR) is 151 cm³/mol. The van der Waals surface area contributed by atoms with Crippen molar-refractivity contribution in [1.29, 1.82) is 0 Å². The summed E-state index contributed by atoms with van der Waals surface area (Å²) in [6.07, 6.45) is -2.13. The van der Waals surface area contributed by atoms with Gasteiger partial charge in [0.25, 0.3) is 5.56 Å². The van der Waals surface area contributed by atoms with E-state index in [4.69, 9.17) is 23.7 Å². The number of nitrogens with one attached hydrogen (secondary N) is 1. The second-order valence-electron chi connectivity index (χ2n) is 9.98. The number of hydrogen-bond acceptors (Lipinski definition) is 9. The number of aryl methyl sites for hydroxylation is 1. The number of aromatic amines is 1. The van der Waals surface area contributed by atoms with Crippen LogP contribution >= 0.6 is 0 Å². The highest BCUT2D eigenvalue weighted by Crippen LogP contribution is 2.44. The molecule has 42 heavy (non-hydrogen) atoms. The standard InChI is InChI=1S/C31H34N2O9/c1-5-25(40-21(3)34)31(19-38-17-23-12-8-6-9-13-23)27(39-18-24-14-10-7-11-15-24)26(41-22(4)35)29(42-31)33-16-20(2)28(36)32-30(33)37/h5-16,25-27,29H,1,17-19H2,2-4H3,(H,32,36,37)/t25-,26-,27+,29-,31-/m1/s1. The largest absolute Gasteiger partial charge is 0.455 e. The third-order valence-electron chi connectivity index (χ3n) is 6.82. The fraction of sp³-hybridized carbons (Fsp3) is 0.355. The van der Waals surface area contributed by atoms with Crippen LogP contribution in [0.2, 0.25) is 0 Å². The van der Waals surface area contributed by atoms with E-state index in [1.807, 2.05) is 60.7 Å². The molecule has 11 heteroatoms. The van der Waals surface area contributed by atoms with Crippen LogP contribution in [0, 0.1) is 6.92 Å². The Bertz CT molecular complexity index is 1500. The first kappa shape index (κ1) is 30.6. The second-order valence-corrected chi connectivity index (χ2v) is 9.98. The molecule has 1 N–H and O–H groups in total. The number of carbonyl (C=O) groups is 2. The summed E-state index contributed by atoms with van der Waals surface area (Å²) in [5.41, 5.74) is -1.11. The lowest BCUT2D eigenvalue weighted by molar-refractivity contribution is -0.206. The van der Waals surface area contributed by atoms with Crippen molar-refractivity contribution >= 4 is 11.9 Å². The van der Waals surface area contributed by atoms with Crippen LogP contribution in [0.4, 0.5) is 0 Å². The maximum absolute atomic E-state index is 13.0. The number of rotatable bonds is 12. The Balaban J connectivity index is 1.84. The Labute approximate surface area is 242 Å². The van der Waals surface area contributed by atoms with Gasteiger partial charge in [-0.05, 0) is 24.1 Å². The summed E-state index contributed by atoms with van der Waals surface area (Å²) in [4.78, 5) is 52.1. The lowest BCUT2D eigenvalue weighted by Gasteiger charge is -2.38. The summed E-state index contributed by atoms with van der Waals surface area (Å²) in [5.74, 6) is -1.29. The first-order valence-electron chi connectivity index (χ1n) is 13.4. The molecule has 0 radical (unpaired) electrons. The van der Waals surface area contributed by atoms with E-state index < -0.39 is 53.3 Å². The molecule has 222 valence electrons. The molecule has 0 saturated carbocycles. The van der Waals surface area contributed by atoms with Crippen LogP contribution in [0.1, 0.15) is 36.8 Å². The van der Waals surface area contributed by atoms with Gasteiger partial charge in [0.1, 0.15) is 6.10 Å². The second kappa shape index (κ2) is 13.6. The molecule has 1 saturated heterocycles. The molecule has 0 spiro atoms. The van der Waals surface area contributed by atoms with Crippen molar-refractivity contribution in [3.63, 3.8) is 0 Å². The monoisotopic (exact) mass is 578 g/mol. The highest BCUT2D eigenvalue weighted by molar-refractivity contribution is 5.67. The van der Waals surface area contributed by atoms with E-state index in [2.05, 4.69) is 11.6 Å². The van der Waals surface area contributed by atoms with Gasteiger partial charge in [0, 0.05) is 25.6 Å². The SMILES string of the molecule is C=C[C@@H](OC(C)=O)[C@@]1(COCc2ccccc2)O[C@@H](n2cc(C)c(=O)[nH]c2=O)[C@H](OC(C)=O)[C@@H]1OCc1ccccc1. The van der Waals surface area contributed by atoms with Gasteiger partial charge in [-0.2, -0.15) is 0 Å². The Morgan fingerprint density at radius 3 is 2.21 bits per heavy atom. The minimum Gasteiger partial charge on any atom is -0.455 e. The number of hydrogen-bond donors (Lipinski definition) is 1. The van der Waals surface area contributed by atoms with Gasteiger partial charge in [0.15, 0.2) is 24.0 Å². The number of aromatic nitrogens is 2. The molecule has 1 aliphatic heterocycles. The number of benzene rings is 2. The van der Waals surface area contributed by atoms with Gasteiger partial charge in [0.05, 0.1) is 19.8 Å². The molecule has 0 amide bonds. The normalized spacial score (nSPS) is 22.3. The molecule has 0 aliphatic carbocycles. The van der Waals surface area contributed by atoms with E-state index in [-0.39, 0.29) is 25.4 Å². The molecule has 11 nitrogen and oxygen atoms in total. The van der Waals surface area contributed by atoms with Crippen LogP contribution < -0.4 is 11.2 Å². The van der Waals surface area contributed by atoms with E-state index in [1.165, 1.54) is 33.0 Å². The van der Waals surface area contributed by atoms with Crippen molar-refractivity contribution in [1.82, 2.24) is 9.55 Å². The van der Waals surface area contributed by atoms with Crippen LogP contribution in [-0.4, -0.2) is 52.0 Å². The average Bonchev–Trinajstić information content (AvgIpc) is 3.26. The van der Waals surface area contributed by atoms with Gasteiger partial charge in [-0.15, -0.1) is 0 Å². The number of ether oxygens (including phenoxy) is 5. The number of esters is 2. The van der Waals surface area contributed by atoms with Crippen LogP contribution in [-0.2, 0) is 46.5 Å². The van der Waals surface area contributed by atoms with Crippen LogP contribution in [0.5, 0.6) is 0 Å². The zero-order valence-corrected chi connectivity index (χ0v) is 23.7. The van der Waals surface area contributed by atoms with Crippen molar-refractivity contribution in [3.05, 3.63) is 117 Å². The molecule has 0 unspecified atom stereocenters. The van der Waals surface area contributed by atoms with E-state index in [9.17, 15) is 19.2 Å². The summed E-state index contributed by atoms with van der Waals surface area (Å²) in [6.45, 7) is 7.85. The third-order valence-corrected chi connectivity index (χ3v) is 6.82. The maximum atomic E-state index is 13.0. The first-order valence-corrected chi connectivity index (χ1v) is 13.4.